The van der Waals surface area contributed by atoms with E-state index < -0.39 is 0 Å². The van der Waals surface area contributed by atoms with Crippen molar-refractivity contribution in [3.05, 3.63) is 36.7 Å². The molecule has 32 heavy (non-hydrogen) atoms. The molecule has 1 amide bonds. The second-order valence-electron chi connectivity index (χ2n) is 7.77. The number of hydrogen-bond donors (Lipinski definition) is 1. The fourth-order valence-electron chi connectivity index (χ4n) is 3.80. The Kier molecular flexibility index (Phi) is 5.36. The minimum Gasteiger partial charge on any atom is -0.474 e. The van der Waals surface area contributed by atoms with Gasteiger partial charge in [0.15, 0.2) is 11.4 Å². The number of nitrogens with one attached hydrogen (secondary N) is 1. The van der Waals surface area contributed by atoms with Gasteiger partial charge < -0.3 is 24.1 Å². The summed E-state index contributed by atoms with van der Waals surface area (Å²) in [6.07, 6.45) is 4.76. The van der Waals surface area contributed by atoms with Crippen LogP contribution in [0.4, 0.5) is 5.82 Å². The van der Waals surface area contributed by atoms with Crippen molar-refractivity contribution in [2.24, 2.45) is 0 Å². The highest BCUT2D eigenvalue weighted by Crippen LogP contribution is 2.32. The first-order chi connectivity index (χ1) is 15.6. The number of aromatic nitrogens is 4. The third kappa shape index (κ3) is 3.84. The summed E-state index contributed by atoms with van der Waals surface area (Å²) in [6.45, 7) is 1.69. The Bertz CT molecular complexity index is 1270. The van der Waals surface area contributed by atoms with E-state index in [1.54, 1.807) is 30.1 Å². The normalized spacial score (nSPS) is 16.1. The lowest BCUT2D eigenvalue weighted by molar-refractivity contribution is -0.119. The molecule has 0 radical (unpaired) electrons. The van der Waals surface area contributed by atoms with E-state index in [0.29, 0.717) is 49.2 Å². The van der Waals surface area contributed by atoms with E-state index in [1.807, 2.05) is 30.1 Å². The maximum atomic E-state index is 11.4. The third-order valence-corrected chi connectivity index (χ3v) is 5.52. The van der Waals surface area contributed by atoms with E-state index >= 15 is 0 Å². The summed E-state index contributed by atoms with van der Waals surface area (Å²) in [5.74, 6) is 1.97. The van der Waals surface area contributed by atoms with Crippen molar-refractivity contribution in [3.8, 4) is 17.3 Å². The monoisotopic (exact) mass is 436 g/mol. The molecular formula is C22H24N6O4. The number of nitrogens with zero attached hydrogens (tertiary/aromatic N) is 5. The van der Waals surface area contributed by atoms with Crippen LogP contribution in [0.2, 0.25) is 0 Å². The first-order valence-corrected chi connectivity index (χ1v) is 10.5. The number of rotatable bonds is 8. The van der Waals surface area contributed by atoms with Crippen LogP contribution in [-0.2, 0) is 9.53 Å². The van der Waals surface area contributed by atoms with Gasteiger partial charge in [-0.05, 0) is 24.6 Å². The summed E-state index contributed by atoms with van der Waals surface area (Å²) in [5, 5.41) is 8.37. The molecule has 0 aliphatic carbocycles. The van der Waals surface area contributed by atoms with E-state index in [0.717, 1.165) is 23.2 Å². The first-order valence-electron chi connectivity index (χ1n) is 10.5. The van der Waals surface area contributed by atoms with Crippen LogP contribution in [0.15, 0.2) is 41.1 Å². The molecular weight excluding hydrogens is 412 g/mol. The number of hydrogen-bond acceptors (Lipinski definition) is 8. The highest BCUT2D eigenvalue weighted by atomic mass is 16.5. The molecule has 1 fully saturated rings. The number of furan rings is 1. The smallest absolute Gasteiger partial charge is 0.231 e. The molecule has 1 saturated heterocycles. The van der Waals surface area contributed by atoms with Gasteiger partial charge in [0.25, 0.3) is 0 Å². The molecule has 0 bridgehead atoms. The molecule has 166 valence electrons. The van der Waals surface area contributed by atoms with Crippen LogP contribution in [0.3, 0.4) is 0 Å². The minimum atomic E-state index is 0.0126. The van der Waals surface area contributed by atoms with Gasteiger partial charge in [-0.15, -0.1) is 5.10 Å². The zero-order valence-corrected chi connectivity index (χ0v) is 17.9. The number of carbonyl (C=O) groups is 1. The lowest BCUT2D eigenvalue weighted by Gasteiger charge is -2.17. The van der Waals surface area contributed by atoms with Crippen LogP contribution < -0.4 is 15.0 Å². The van der Waals surface area contributed by atoms with E-state index in [4.69, 9.17) is 13.9 Å². The van der Waals surface area contributed by atoms with Crippen LogP contribution in [0.1, 0.15) is 12.8 Å². The van der Waals surface area contributed by atoms with Crippen LogP contribution >= 0.6 is 0 Å². The van der Waals surface area contributed by atoms with Crippen LogP contribution in [0.25, 0.3) is 28.1 Å². The second kappa shape index (κ2) is 8.46. The van der Waals surface area contributed by atoms with Crippen molar-refractivity contribution >= 4 is 28.3 Å². The summed E-state index contributed by atoms with van der Waals surface area (Å²) in [6, 6.07) is 7.42. The maximum Gasteiger partial charge on any atom is 0.231 e. The number of carbonyl (C=O) groups excluding carboxylic acids is 1. The molecule has 1 aliphatic rings. The van der Waals surface area contributed by atoms with Gasteiger partial charge in [0.1, 0.15) is 23.7 Å². The largest absolute Gasteiger partial charge is 0.474 e. The number of pyridine rings is 1. The Balaban J connectivity index is 1.44. The SMILES string of the molecule is COCCN(C)c1nccc2oc(-c3cnc4ccc(OC[C@H]5CCC(=O)N5)nn34)cc12. The number of methoxy groups -OCH3 is 1. The summed E-state index contributed by atoms with van der Waals surface area (Å²) in [7, 11) is 3.65. The molecule has 1 N–H and O–H groups in total. The lowest BCUT2D eigenvalue weighted by Crippen LogP contribution is -2.31. The molecule has 0 unspecified atom stereocenters. The molecule has 5 heterocycles. The van der Waals surface area contributed by atoms with Gasteiger partial charge in [0.2, 0.25) is 11.8 Å². The van der Waals surface area contributed by atoms with Gasteiger partial charge in [0.05, 0.1) is 24.2 Å². The zero-order valence-electron chi connectivity index (χ0n) is 17.9. The van der Waals surface area contributed by atoms with Crippen molar-refractivity contribution < 1.29 is 18.7 Å². The molecule has 10 nitrogen and oxygen atoms in total. The van der Waals surface area contributed by atoms with Crippen molar-refractivity contribution in [1.82, 2.24) is 24.9 Å². The van der Waals surface area contributed by atoms with Crippen molar-refractivity contribution in [1.29, 1.82) is 0 Å². The van der Waals surface area contributed by atoms with Crippen molar-refractivity contribution in [2.75, 3.05) is 38.8 Å². The second-order valence-corrected chi connectivity index (χ2v) is 7.77. The van der Waals surface area contributed by atoms with E-state index in [2.05, 4.69) is 20.4 Å². The third-order valence-electron chi connectivity index (χ3n) is 5.52. The number of amides is 1. The predicted molar refractivity (Wildman–Crippen MR) is 118 cm³/mol. The Hall–Kier alpha value is -3.66. The Labute approximate surface area is 184 Å². The number of imidazole rings is 1. The lowest BCUT2D eigenvalue weighted by atomic mass is 10.2. The van der Waals surface area contributed by atoms with E-state index in [9.17, 15) is 4.79 Å². The molecule has 10 heteroatoms. The Morgan fingerprint density at radius 1 is 1.31 bits per heavy atom. The molecule has 1 atom stereocenters. The molecule has 0 aromatic carbocycles. The van der Waals surface area contributed by atoms with Crippen LogP contribution in [0.5, 0.6) is 5.88 Å². The van der Waals surface area contributed by atoms with E-state index in [1.165, 1.54) is 0 Å². The Morgan fingerprint density at radius 3 is 3.03 bits per heavy atom. The van der Waals surface area contributed by atoms with Gasteiger partial charge in [-0.3, -0.25) is 4.79 Å². The summed E-state index contributed by atoms with van der Waals surface area (Å²) >= 11 is 0. The fourth-order valence-corrected chi connectivity index (χ4v) is 3.80. The summed E-state index contributed by atoms with van der Waals surface area (Å²) in [5.41, 5.74) is 2.12. The highest BCUT2D eigenvalue weighted by molar-refractivity contribution is 5.91. The molecule has 0 spiro atoms. The van der Waals surface area contributed by atoms with Gasteiger partial charge >= 0.3 is 0 Å². The quantitative estimate of drug-likeness (QED) is 0.448. The maximum absolute atomic E-state index is 11.4. The molecule has 4 aromatic rings. The average Bonchev–Trinajstić information content (AvgIpc) is 3.52. The predicted octanol–water partition coefficient (Wildman–Crippen LogP) is 2.28. The summed E-state index contributed by atoms with van der Waals surface area (Å²) < 4.78 is 18.8. The van der Waals surface area contributed by atoms with Gasteiger partial charge in [-0.1, -0.05) is 0 Å². The zero-order chi connectivity index (χ0) is 22.1. The molecule has 1 aliphatic heterocycles. The summed E-state index contributed by atoms with van der Waals surface area (Å²) in [4.78, 5) is 22.4. The van der Waals surface area contributed by atoms with Gasteiger partial charge in [-0.2, -0.15) is 0 Å². The first kappa shape index (κ1) is 20.3. The average molecular weight is 436 g/mol. The molecule has 0 saturated carbocycles. The highest BCUT2D eigenvalue weighted by Gasteiger charge is 2.22. The van der Waals surface area contributed by atoms with Crippen LogP contribution in [-0.4, -0.2) is 65.4 Å². The van der Waals surface area contributed by atoms with Gasteiger partial charge in [-0.25, -0.2) is 14.5 Å². The molecule has 5 rings (SSSR count). The van der Waals surface area contributed by atoms with Crippen LogP contribution in [0, 0.1) is 0 Å². The van der Waals surface area contributed by atoms with Crippen molar-refractivity contribution in [3.63, 3.8) is 0 Å². The Morgan fingerprint density at radius 2 is 2.22 bits per heavy atom. The fraction of sp³-hybridized carbons (Fsp3) is 0.364. The number of ether oxygens (including phenoxy) is 2. The number of fused-ring (bicyclic) bond motifs is 2. The number of anilines is 1. The number of likely N-dealkylation sites (N-methyl/N-ethyl adjacent to an activating group) is 1. The standard InChI is InChI=1S/C22H24N6O4/c1-27(9-10-30-2)22-15-11-18(32-17(15)7-8-23-22)16-12-24-19-4-6-21(26-28(16)19)31-13-14-3-5-20(29)25-14/h4,6-8,11-12,14H,3,5,9-10,13H2,1-2H3,(H,25,29)/t14-/m1/s1. The van der Waals surface area contributed by atoms with Gasteiger partial charge in [0, 0.05) is 39.4 Å². The van der Waals surface area contributed by atoms with Crippen molar-refractivity contribution in [2.45, 2.75) is 18.9 Å². The molecule has 4 aromatic heterocycles. The minimum absolute atomic E-state index is 0.0126. The van der Waals surface area contributed by atoms with E-state index in [-0.39, 0.29) is 11.9 Å². The topological polar surface area (TPSA) is 107 Å².